The number of nitrogens with zero attached hydrogens (tertiary/aromatic N) is 1. The fraction of sp³-hybridized carbons (Fsp3) is 0.625. The predicted molar refractivity (Wildman–Crippen MR) is 50.1 cm³/mol. The summed E-state index contributed by atoms with van der Waals surface area (Å²) in [6.07, 6.45) is 1.15. The Labute approximate surface area is 78.3 Å². The van der Waals surface area contributed by atoms with Crippen LogP contribution in [0.15, 0.2) is 11.9 Å². The van der Waals surface area contributed by atoms with Gasteiger partial charge in [-0.3, -0.25) is 0 Å². The minimum absolute atomic E-state index is 0.000735. The second-order valence-electron chi connectivity index (χ2n) is 2.77. The second kappa shape index (κ2) is 5.42. The number of nitrogens with two attached hydrogens (primary N) is 2. The van der Waals surface area contributed by atoms with E-state index in [2.05, 4.69) is 0 Å². The van der Waals surface area contributed by atoms with Gasteiger partial charge >= 0.3 is 5.97 Å². The first-order valence-corrected chi connectivity index (χ1v) is 4.17. The molecule has 0 saturated carbocycles. The van der Waals surface area contributed by atoms with Gasteiger partial charge in [-0.2, -0.15) is 0 Å². The van der Waals surface area contributed by atoms with E-state index < -0.39 is 5.97 Å². The first-order valence-electron chi connectivity index (χ1n) is 4.17. The van der Waals surface area contributed by atoms with Crippen LogP contribution in [0.25, 0.3) is 0 Å². The van der Waals surface area contributed by atoms with Gasteiger partial charge in [0.1, 0.15) is 0 Å². The second-order valence-corrected chi connectivity index (χ2v) is 2.77. The fourth-order valence-electron chi connectivity index (χ4n) is 0.743. The van der Waals surface area contributed by atoms with Crippen molar-refractivity contribution < 1.29 is 9.53 Å². The van der Waals surface area contributed by atoms with Crippen LogP contribution >= 0.6 is 0 Å². The summed E-state index contributed by atoms with van der Waals surface area (Å²) in [5, 5.41) is 1.28. The molecule has 0 radical (unpaired) electrons. The van der Waals surface area contributed by atoms with E-state index in [1.807, 2.05) is 13.8 Å². The normalized spacial score (nSPS) is 11.6. The van der Waals surface area contributed by atoms with Crippen LogP contribution in [0.4, 0.5) is 0 Å². The Bertz CT molecular complexity index is 202. The highest BCUT2D eigenvalue weighted by molar-refractivity contribution is 5.87. The summed E-state index contributed by atoms with van der Waals surface area (Å²) in [4.78, 5) is 11.2. The minimum Gasteiger partial charge on any atom is -0.461 e. The fourth-order valence-corrected chi connectivity index (χ4v) is 0.743. The van der Waals surface area contributed by atoms with Crippen molar-refractivity contribution in [3.8, 4) is 0 Å². The van der Waals surface area contributed by atoms with E-state index in [0.717, 1.165) is 6.20 Å². The monoisotopic (exact) mass is 187 g/mol. The molecular weight excluding hydrogens is 170 g/mol. The van der Waals surface area contributed by atoms with Crippen LogP contribution in [0.2, 0.25) is 0 Å². The molecule has 0 bridgehead atoms. The van der Waals surface area contributed by atoms with Crippen LogP contribution < -0.4 is 11.6 Å². The third-order valence-electron chi connectivity index (χ3n) is 1.48. The zero-order valence-corrected chi connectivity index (χ0v) is 8.28. The van der Waals surface area contributed by atoms with E-state index in [9.17, 15) is 4.79 Å². The molecule has 0 unspecified atom stereocenters. The predicted octanol–water partition coefficient (Wildman–Crippen LogP) is -0.0663. The molecule has 0 aliphatic rings. The van der Waals surface area contributed by atoms with Crippen molar-refractivity contribution in [2.75, 3.05) is 6.61 Å². The highest BCUT2D eigenvalue weighted by Gasteiger charge is 2.17. The van der Waals surface area contributed by atoms with Crippen LogP contribution in [0, 0.1) is 0 Å². The maximum atomic E-state index is 11.2. The van der Waals surface area contributed by atoms with E-state index in [1.165, 1.54) is 5.01 Å². The molecule has 0 spiro atoms. The third kappa shape index (κ3) is 3.33. The number of hydrogen-bond donors (Lipinski definition) is 2. The van der Waals surface area contributed by atoms with Crippen LogP contribution in [0.1, 0.15) is 20.8 Å². The highest BCUT2D eigenvalue weighted by Crippen LogP contribution is 2.04. The molecule has 0 fully saturated rings. The minimum atomic E-state index is -0.499. The third-order valence-corrected chi connectivity index (χ3v) is 1.48. The van der Waals surface area contributed by atoms with Crippen molar-refractivity contribution in [1.29, 1.82) is 0 Å². The van der Waals surface area contributed by atoms with E-state index in [4.69, 9.17) is 16.3 Å². The lowest BCUT2D eigenvalue weighted by Crippen LogP contribution is -2.40. The Hall–Kier alpha value is -1.23. The molecule has 0 aromatic carbocycles. The van der Waals surface area contributed by atoms with Gasteiger partial charge in [0, 0.05) is 12.2 Å². The molecule has 5 nitrogen and oxygen atoms in total. The Morgan fingerprint density at radius 3 is 2.46 bits per heavy atom. The van der Waals surface area contributed by atoms with Gasteiger partial charge in [-0.15, -0.1) is 0 Å². The average molecular weight is 187 g/mol. The van der Waals surface area contributed by atoms with Gasteiger partial charge in [-0.25, -0.2) is 10.6 Å². The quantitative estimate of drug-likeness (QED) is 0.279. The topological polar surface area (TPSA) is 81.6 Å². The summed E-state index contributed by atoms with van der Waals surface area (Å²) in [7, 11) is 0. The zero-order valence-electron chi connectivity index (χ0n) is 8.28. The average Bonchev–Trinajstić information content (AvgIpc) is 2.05. The number of carbonyl (C=O) groups excluding carboxylic acids is 1. The number of carbonyl (C=O) groups is 1. The molecule has 76 valence electrons. The molecular formula is C8H17N3O2. The van der Waals surface area contributed by atoms with E-state index in [-0.39, 0.29) is 11.7 Å². The smallest absolute Gasteiger partial charge is 0.357 e. The van der Waals surface area contributed by atoms with E-state index in [0.29, 0.717) is 6.61 Å². The number of esters is 1. The maximum absolute atomic E-state index is 11.2. The number of rotatable bonds is 4. The van der Waals surface area contributed by atoms with Gasteiger partial charge in [-0.05, 0) is 20.8 Å². The molecule has 0 saturated heterocycles. The molecule has 4 N–H and O–H groups in total. The maximum Gasteiger partial charge on any atom is 0.357 e. The lowest BCUT2D eigenvalue weighted by molar-refractivity contribution is -0.140. The van der Waals surface area contributed by atoms with Crippen LogP contribution in [-0.4, -0.2) is 23.6 Å². The van der Waals surface area contributed by atoms with Crippen LogP contribution in [0.3, 0.4) is 0 Å². The summed E-state index contributed by atoms with van der Waals surface area (Å²) >= 11 is 0. The Morgan fingerprint density at radius 2 is 2.15 bits per heavy atom. The molecule has 0 aromatic rings. The van der Waals surface area contributed by atoms with Gasteiger partial charge < -0.3 is 15.5 Å². The Balaban J connectivity index is 4.44. The van der Waals surface area contributed by atoms with Gasteiger partial charge in [0.25, 0.3) is 0 Å². The summed E-state index contributed by atoms with van der Waals surface area (Å²) < 4.78 is 4.76. The first kappa shape index (κ1) is 11.8. The van der Waals surface area contributed by atoms with Gasteiger partial charge in [0.2, 0.25) is 0 Å². The highest BCUT2D eigenvalue weighted by atomic mass is 16.5. The lowest BCUT2D eigenvalue weighted by Gasteiger charge is -2.23. The molecule has 5 heteroatoms. The molecule has 0 aliphatic carbocycles. The zero-order chi connectivity index (χ0) is 10.4. The number of hydrogen-bond acceptors (Lipinski definition) is 5. The Kier molecular flexibility index (Phi) is 4.91. The van der Waals surface area contributed by atoms with Crippen molar-refractivity contribution in [3.63, 3.8) is 0 Å². The molecule has 0 amide bonds. The summed E-state index contributed by atoms with van der Waals surface area (Å²) in [6, 6.07) is -0.000735. The molecule has 0 heterocycles. The van der Waals surface area contributed by atoms with Crippen molar-refractivity contribution in [1.82, 2.24) is 5.01 Å². The van der Waals surface area contributed by atoms with E-state index in [1.54, 1.807) is 6.92 Å². The van der Waals surface area contributed by atoms with Crippen LogP contribution in [-0.2, 0) is 9.53 Å². The van der Waals surface area contributed by atoms with Crippen LogP contribution in [0.5, 0.6) is 0 Å². The Morgan fingerprint density at radius 1 is 1.62 bits per heavy atom. The van der Waals surface area contributed by atoms with Crippen molar-refractivity contribution >= 4 is 5.97 Å². The molecule has 13 heavy (non-hydrogen) atoms. The number of hydrazine groups is 1. The van der Waals surface area contributed by atoms with E-state index >= 15 is 0 Å². The molecule has 0 atom stereocenters. The summed E-state index contributed by atoms with van der Waals surface area (Å²) in [6.45, 7) is 5.73. The summed E-state index contributed by atoms with van der Waals surface area (Å²) in [5.41, 5.74) is 5.44. The molecule has 0 aliphatic heterocycles. The van der Waals surface area contributed by atoms with Gasteiger partial charge in [0.05, 0.1) is 6.61 Å². The van der Waals surface area contributed by atoms with Gasteiger partial charge in [-0.1, -0.05) is 0 Å². The summed E-state index contributed by atoms with van der Waals surface area (Å²) in [5.74, 6) is 5.09. The van der Waals surface area contributed by atoms with Crippen molar-refractivity contribution in [2.24, 2.45) is 11.6 Å². The largest absolute Gasteiger partial charge is 0.461 e. The number of ether oxygens (including phenoxy) is 1. The van der Waals surface area contributed by atoms with Crippen molar-refractivity contribution in [2.45, 2.75) is 26.8 Å². The van der Waals surface area contributed by atoms with Crippen molar-refractivity contribution in [3.05, 3.63) is 11.9 Å². The SMILES string of the molecule is CCOC(=O)/C(=C/N)N(N)C(C)C. The molecule has 0 rings (SSSR count). The standard InChI is InChI=1S/C8H17N3O2/c1-4-13-8(12)7(5-9)11(10)6(2)3/h5-6H,4,9-10H2,1-3H3/b7-5-. The lowest BCUT2D eigenvalue weighted by atomic mass is 10.3. The first-order chi connectivity index (χ1) is 6.04. The molecule has 0 aromatic heterocycles. The van der Waals surface area contributed by atoms with Gasteiger partial charge in [0.15, 0.2) is 5.70 Å².